The Morgan fingerprint density at radius 1 is 1.33 bits per heavy atom. The molecule has 0 fully saturated rings. The summed E-state index contributed by atoms with van der Waals surface area (Å²) in [5.74, 6) is 0.978. The van der Waals surface area contributed by atoms with E-state index in [1.54, 1.807) is 0 Å². The lowest BCUT2D eigenvalue weighted by Gasteiger charge is -2.17. The molecule has 0 aliphatic carbocycles. The minimum absolute atomic E-state index is 0.346. The maximum absolute atomic E-state index is 13.5. The number of rotatable bonds is 8. The van der Waals surface area contributed by atoms with E-state index in [0.29, 0.717) is 11.0 Å². The molecule has 102 valence electrons. The van der Waals surface area contributed by atoms with E-state index in [-0.39, 0.29) is 5.82 Å². The molecule has 1 N–H and O–H groups in total. The van der Waals surface area contributed by atoms with E-state index in [2.05, 4.69) is 34.0 Å². The van der Waals surface area contributed by atoms with Crippen molar-refractivity contribution in [2.45, 2.75) is 25.8 Å². The molecule has 0 aliphatic heterocycles. The third-order valence-electron chi connectivity index (χ3n) is 2.59. The minimum Gasteiger partial charge on any atom is -0.354 e. The van der Waals surface area contributed by atoms with Crippen molar-refractivity contribution in [1.82, 2.24) is 14.9 Å². The van der Waals surface area contributed by atoms with Crippen LogP contribution in [0.4, 0.5) is 10.3 Å². The van der Waals surface area contributed by atoms with Gasteiger partial charge in [-0.3, -0.25) is 0 Å². The number of anilines is 1. The fourth-order valence-corrected chi connectivity index (χ4v) is 2.39. The average Bonchev–Trinajstić information content (AvgIpc) is 2.38. The summed E-state index contributed by atoms with van der Waals surface area (Å²) in [6, 6.07) is 0. The Morgan fingerprint density at radius 2 is 2.06 bits per heavy atom. The maximum Gasteiger partial charge on any atom is 0.223 e. The second-order valence-corrected chi connectivity index (χ2v) is 4.84. The van der Waals surface area contributed by atoms with Crippen molar-refractivity contribution in [1.29, 1.82) is 0 Å². The van der Waals surface area contributed by atoms with Crippen molar-refractivity contribution in [2.24, 2.45) is 0 Å². The van der Waals surface area contributed by atoms with E-state index in [0.717, 1.165) is 31.9 Å². The molecule has 18 heavy (non-hydrogen) atoms. The normalized spacial score (nSPS) is 10.9. The molecule has 1 aromatic heterocycles. The fraction of sp³-hybridized carbons (Fsp3) is 0.667. The number of halogens is 1. The quantitative estimate of drug-likeness (QED) is 0.581. The third-order valence-corrected chi connectivity index (χ3v) is 3.53. The lowest BCUT2D eigenvalue weighted by Crippen LogP contribution is -2.25. The predicted octanol–water partition coefficient (Wildman–Crippen LogP) is 2.48. The highest BCUT2D eigenvalue weighted by Gasteiger charge is 2.08. The first kappa shape index (κ1) is 15.2. The first-order valence-electron chi connectivity index (χ1n) is 6.32. The SMILES string of the molecule is CCNc1ncc(F)c(SCCN(CC)CC)n1. The number of hydrogen-bond donors (Lipinski definition) is 1. The van der Waals surface area contributed by atoms with Gasteiger partial charge in [0.15, 0.2) is 5.82 Å². The molecule has 0 unspecified atom stereocenters. The highest BCUT2D eigenvalue weighted by atomic mass is 32.2. The van der Waals surface area contributed by atoms with Crippen molar-refractivity contribution in [3.8, 4) is 0 Å². The molecule has 0 bridgehead atoms. The van der Waals surface area contributed by atoms with E-state index in [1.165, 1.54) is 18.0 Å². The average molecular weight is 272 g/mol. The summed E-state index contributed by atoms with van der Waals surface area (Å²) in [4.78, 5) is 10.3. The van der Waals surface area contributed by atoms with Crippen molar-refractivity contribution in [3.05, 3.63) is 12.0 Å². The van der Waals surface area contributed by atoms with Crippen LogP contribution in [0.1, 0.15) is 20.8 Å². The van der Waals surface area contributed by atoms with Crippen LogP contribution in [0.5, 0.6) is 0 Å². The van der Waals surface area contributed by atoms with Crippen molar-refractivity contribution in [3.63, 3.8) is 0 Å². The largest absolute Gasteiger partial charge is 0.354 e. The topological polar surface area (TPSA) is 41.1 Å². The Balaban J connectivity index is 2.52. The second-order valence-electron chi connectivity index (χ2n) is 3.75. The van der Waals surface area contributed by atoms with Gasteiger partial charge in [-0.05, 0) is 20.0 Å². The van der Waals surface area contributed by atoms with Crippen LogP contribution < -0.4 is 5.32 Å². The van der Waals surface area contributed by atoms with Crippen LogP contribution in [0.2, 0.25) is 0 Å². The summed E-state index contributed by atoms with van der Waals surface area (Å²) in [6.45, 7) is 9.93. The molecule has 6 heteroatoms. The summed E-state index contributed by atoms with van der Waals surface area (Å²) in [7, 11) is 0. The predicted molar refractivity (Wildman–Crippen MR) is 74.7 cm³/mol. The van der Waals surface area contributed by atoms with Gasteiger partial charge in [-0.2, -0.15) is 0 Å². The molecule has 0 spiro atoms. The van der Waals surface area contributed by atoms with Gasteiger partial charge >= 0.3 is 0 Å². The van der Waals surface area contributed by atoms with Gasteiger partial charge in [0.05, 0.1) is 6.20 Å². The first-order chi connectivity index (χ1) is 8.71. The standard InChI is InChI=1S/C12H21FN4S/c1-4-14-12-15-9-10(13)11(16-12)18-8-7-17(5-2)6-3/h9H,4-8H2,1-3H3,(H,14,15,16). The van der Waals surface area contributed by atoms with E-state index >= 15 is 0 Å². The molecule has 4 nitrogen and oxygen atoms in total. The molecule has 0 saturated heterocycles. The van der Waals surface area contributed by atoms with Crippen LogP contribution in [0.3, 0.4) is 0 Å². The molecule has 0 saturated carbocycles. The van der Waals surface area contributed by atoms with Crippen molar-refractivity contribution >= 4 is 17.7 Å². The Labute approximate surface area is 112 Å². The lowest BCUT2D eigenvalue weighted by atomic mass is 10.5. The minimum atomic E-state index is -0.346. The molecule has 0 aromatic carbocycles. The Kier molecular flexibility index (Phi) is 6.97. The highest BCUT2D eigenvalue weighted by molar-refractivity contribution is 7.99. The van der Waals surface area contributed by atoms with Gasteiger partial charge in [0, 0.05) is 18.8 Å². The Hall–Kier alpha value is -0.880. The molecule has 1 aromatic rings. The fourth-order valence-electron chi connectivity index (χ4n) is 1.51. The first-order valence-corrected chi connectivity index (χ1v) is 7.31. The van der Waals surface area contributed by atoms with Gasteiger partial charge in [-0.15, -0.1) is 11.8 Å². The van der Waals surface area contributed by atoms with E-state index in [9.17, 15) is 4.39 Å². The maximum atomic E-state index is 13.5. The molecule has 1 heterocycles. The van der Waals surface area contributed by atoms with Gasteiger partial charge in [0.25, 0.3) is 0 Å². The van der Waals surface area contributed by atoms with Crippen LogP contribution in [-0.4, -0.2) is 46.8 Å². The van der Waals surface area contributed by atoms with Crippen LogP contribution in [-0.2, 0) is 0 Å². The van der Waals surface area contributed by atoms with E-state index in [1.807, 2.05) is 6.92 Å². The number of nitrogens with zero attached hydrogens (tertiary/aromatic N) is 3. The molecule has 0 radical (unpaired) electrons. The highest BCUT2D eigenvalue weighted by Crippen LogP contribution is 2.19. The number of hydrogen-bond acceptors (Lipinski definition) is 5. The van der Waals surface area contributed by atoms with Crippen LogP contribution in [0, 0.1) is 5.82 Å². The second kappa shape index (κ2) is 8.26. The smallest absolute Gasteiger partial charge is 0.223 e. The number of nitrogens with one attached hydrogen (secondary N) is 1. The van der Waals surface area contributed by atoms with Gasteiger partial charge in [0.1, 0.15) is 5.03 Å². The zero-order chi connectivity index (χ0) is 13.4. The summed E-state index contributed by atoms with van der Waals surface area (Å²) in [6.07, 6.45) is 1.23. The Morgan fingerprint density at radius 3 is 2.67 bits per heavy atom. The van der Waals surface area contributed by atoms with Crippen LogP contribution in [0.15, 0.2) is 11.2 Å². The number of aromatic nitrogens is 2. The van der Waals surface area contributed by atoms with Crippen molar-refractivity contribution in [2.75, 3.05) is 37.2 Å². The molecular weight excluding hydrogens is 251 g/mol. The molecule has 0 atom stereocenters. The van der Waals surface area contributed by atoms with E-state index < -0.39 is 0 Å². The summed E-state index contributed by atoms with van der Waals surface area (Å²) >= 11 is 1.44. The van der Waals surface area contributed by atoms with Crippen LogP contribution >= 0.6 is 11.8 Å². The molecule has 0 aliphatic rings. The van der Waals surface area contributed by atoms with Gasteiger partial charge in [0.2, 0.25) is 5.95 Å². The van der Waals surface area contributed by atoms with Gasteiger partial charge < -0.3 is 10.2 Å². The summed E-state index contributed by atoms with van der Waals surface area (Å²) in [5.41, 5.74) is 0. The molecule has 1 rings (SSSR count). The lowest BCUT2D eigenvalue weighted by molar-refractivity contribution is 0.324. The van der Waals surface area contributed by atoms with E-state index in [4.69, 9.17) is 0 Å². The van der Waals surface area contributed by atoms with Gasteiger partial charge in [-0.25, -0.2) is 14.4 Å². The molecule has 0 amide bonds. The summed E-state index contributed by atoms with van der Waals surface area (Å²) in [5, 5.41) is 3.41. The zero-order valence-electron chi connectivity index (χ0n) is 11.2. The summed E-state index contributed by atoms with van der Waals surface area (Å²) < 4.78 is 13.5. The Bertz CT molecular complexity index is 358. The molecular formula is C12H21FN4S. The third kappa shape index (κ3) is 4.78. The monoisotopic (exact) mass is 272 g/mol. The van der Waals surface area contributed by atoms with Crippen molar-refractivity contribution < 1.29 is 4.39 Å². The number of thioether (sulfide) groups is 1. The van der Waals surface area contributed by atoms with Crippen LogP contribution in [0.25, 0.3) is 0 Å². The zero-order valence-corrected chi connectivity index (χ0v) is 12.1. The van der Waals surface area contributed by atoms with Gasteiger partial charge in [-0.1, -0.05) is 13.8 Å².